The first kappa shape index (κ1) is 29.1. The van der Waals surface area contributed by atoms with E-state index in [4.69, 9.17) is 4.74 Å². The van der Waals surface area contributed by atoms with Gasteiger partial charge in [0, 0.05) is 31.7 Å². The Labute approximate surface area is 243 Å². The summed E-state index contributed by atoms with van der Waals surface area (Å²) >= 11 is 0. The molecule has 5 rings (SSSR count). The maximum absolute atomic E-state index is 12.7. The second-order valence-corrected chi connectivity index (χ2v) is 11.4. The molecule has 0 aliphatic carbocycles. The molecule has 0 unspecified atom stereocenters. The lowest BCUT2D eigenvalue weighted by molar-refractivity contribution is -0.150. The minimum atomic E-state index is -0.426. The quantitative estimate of drug-likeness (QED) is 0.448. The summed E-state index contributed by atoms with van der Waals surface area (Å²) in [5, 5.41) is 2.93. The molecule has 9 heteroatoms. The predicted molar refractivity (Wildman–Crippen MR) is 160 cm³/mol. The van der Waals surface area contributed by atoms with Crippen LogP contribution in [0.15, 0.2) is 54.6 Å². The van der Waals surface area contributed by atoms with Crippen LogP contribution < -0.4 is 5.32 Å². The number of piperazine rings is 1. The van der Waals surface area contributed by atoms with Crippen molar-refractivity contribution in [1.29, 1.82) is 0 Å². The summed E-state index contributed by atoms with van der Waals surface area (Å²) in [5.74, 6) is 0.117. The lowest BCUT2D eigenvalue weighted by atomic mass is 10.0. The number of piperidine rings is 1. The Bertz CT molecular complexity index is 1160. The normalized spacial score (nSPS) is 19.1. The summed E-state index contributed by atoms with van der Waals surface area (Å²) in [4.78, 5) is 46.2. The molecule has 1 N–H and O–H groups in total. The molecule has 2 aromatic carbocycles. The second-order valence-electron chi connectivity index (χ2n) is 11.4. The van der Waals surface area contributed by atoms with Gasteiger partial charge in [0.2, 0.25) is 11.8 Å². The van der Waals surface area contributed by atoms with E-state index in [-0.39, 0.29) is 31.0 Å². The molecular formula is C32H43N5O4. The molecule has 3 amide bonds. The van der Waals surface area contributed by atoms with Gasteiger partial charge in [-0.3, -0.25) is 14.9 Å². The van der Waals surface area contributed by atoms with E-state index in [0.29, 0.717) is 13.1 Å². The average molecular weight is 562 g/mol. The van der Waals surface area contributed by atoms with Crippen molar-refractivity contribution in [2.45, 2.75) is 44.6 Å². The lowest BCUT2D eigenvalue weighted by Crippen LogP contribution is -2.54. The highest BCUT2D eigenvalue weighted by Gasteiger charge is 2.30. The van der Waals surface area contributed by atoms with E-state index >= 15 is 0 Å². The Morgan fingerprint density at radius 1 is 0.732 bits per heavy atom. The number of amides is 3. The molecule has 0 radical (unpaired) electrons. The third-order valence-electron chi connectivity index (χ3n) is 8.42. The number of benzene rings is 2. The first-order valence-corrected chi connectivity index (χ1v) is 15.2. The van der Waals surface area contributed by atoms with Crippen LogP contribution in [0.3, 0.4) is 0 Å². The van der Waals surface area contributed by atoms with Crippen molar-refractivity contribution in [3.8, 4) is 11.1 Å². The van der Waals surface area contributed by atoms with Gasteiger partial charge in [0.15, 0.2) is 0 Å². The summed E-state index contributed by atoms with van der Waals surface area (Å²) < 4.78 is 5.75. The van der Waals surface area contributed by atoms with Crippen molar-refractivity contribution in [3.05, 3.63) is 54.6 Å². The molecule has 9 nitrogen and oxygen atoms in total. The van der Waals surface area contributed by atoms with Gasteiger partial charge in [-0.2, -0.15) is 0 Å². The highest BCUT2D eigenvalue weighted by molar-refractivity contribution is 5.92. The summed E-state index contributed by atoms with van der Waals surface area (Å²) in [7, 11) is 0. The molecular weight excluding hydrogens is 518 g/mol. The van der Waals surface area contributed by atoms with E-state index in [0.717, 1.165) is 81.8 Å². The minimum absolute atomic E-state index is 0.0535. The molecule has 3 heterocycles. The number of carbonyl (C=O) groups excluding carboxylic acids is 3. The molecule has 0 bridgehead atoms. The SMILES string of the molecule is O=C(Nc1ccccc1-c1ccccc1)OC1CCN(CCCN2CC(=O)N(CCCN3CCCC3)CC2=O)CC1. The average Bonchev–Trinajstić information content (AvgIpc) is 3.51. The van der Waals surface area contributed by atoms with Gasteiger partial charge in [-0.05, 0) is 76.3 Å². The Kier molecular flexibility index (Phi) is 10.3. The van der Waals surface area contributed by atoms with Gasteiger partial charge in [-0.15, -0.1) is 0 Å². The largest absolute Gasteiger partial charge is 0.446 e. The zero-order valence-electron chi connectivity index (χ0n) is 24.0. The smallest absolute Gasteiger partial charge is 0.411 e. The number of likely N-dealkylation sites (tertiary alicyclic amines) is 2. The van der Waals surface area contributed by atoms with Gasteiger partial charge >= 0.3 is 6.09 Å². The lowest BCUT2D eigenvalue weighted by Gasteiger charge is -2.35. The van der Waals surface area contributed by atoms with Gasteiger partial charge in [0.05, 0.1) is 18.8 Å². The summed E-state index contributed by atoms with van der Waals surface area (Å²) in [6.07, 6.45) is 5.31. The van der Waals surface area contributed by atoms with Crippen LogP contribution in [-0.2, 0) is 14.3 Å². The van der Waals surface area contributed by atoms with E-state index in [1.165, 1.54) is 12.8 Å². The third-order valence-corrected chi connectivity index (χ3v) is 8.42. The molecule has 3 fully saturated rings. The van der Waals surface area contributed by atoms with Crippen molar-refractivity contribution in [2.75, 3.05) is 70.8 Å². The zero-order valence-corrected chi connectivity index (χ0v) is 24.0. The molecule has 3 aliphatic rings. The van der Waals surface area contributed by atoms with Gasteiger partial charge in [-0.1, -0.05) is 48.5 Å². The number of rotatable bonds is 11. The minimum Gasteiger partial charge on any atom is -0.446 e. The van der Waals surface area contributed by atoms with Crippen LogP contribution in [-0.4, -0.2) is 109 Å². The number of nitrogens with one attached hydrogen (secondary N) is 1. The zero-order chi connectivity index (χ0) is 28.4. The predicted octanol–water partition coefficient (Wildman–Crippen LogP) is 3.91. The number of hydrogen-bond donors (Lipinski definition) is 1. The molecule has 0 atom stereocenters. The van der Waals surface area contributed by atoms with Gasteiger partial charge in [-0.25, -0.2) is 4.79 Å². The fourth-order valence-corrected chi connectivity index (χ4v) is 6.09. The van der Waals surface area contributed by atoms with Crippen LogP contribution in [0.25, 0.3) is 11.1 Å². The van der Waals surface area contributed by atoms with E-state index in [9.17, 15) is 14.4 Å². The molecule has 0 saturated carbocycles. The van der Waals surface area contributed by atoms with Crippen LogP contribution in [0.5, 0.6) is 0 Å². The first-order valence-electron chi connectivity index (χ1n) is 15.2. The van der Waals surface area contributed by atoms with Crippen LogP contribution in [0.1, 0.15) is 38.5 Å². The highest BCUT2D eigenvalue weighted by atomic mass is 16.6. The molecule has 41 heavy (non-hydrogen) atoms. The van der Waals surface area contributed by atoms with Crippen molar-refractivity contribution < 1.29 is 19.1 Å². The molecule has 3 saturated heterocycles. The molecule has 3 aliphatic heterocycles. The monoisotopic (exact) mass is 561 g/mol. The fourth-order valence-electron chi connectivity index (χ4n) is 6.09. The van der Waals surface area contributed by atoms with Crippen molar-refractivity contribution in [3.63, 3.8) is 0 Å². The summed E-state index contributed by atoms with van der Waals surface area (Å²) in [6.45, 7) is 7.55. The fraction of sp³-hybridized carbons (Fsp3) is 0.531. The number of para-hydroxylation sites is 1. The van der Waals surface area contributed by atoms with Gasteiger partial charge in [0.1, 0.15) is 6.10 Å². The third kappa shape index (κ3) is 8.30. The molecule has 0 aromatic heterocycles. The first-order chi connectivity index (χ1) is 20.0. The number of anilines is 1. The van der Waals surface area contributed by atoms with Crippen LogP contribution >= 0.6 is 0 Å². The van der Waals surface area contributed by atoms with Gasteiger partial charge in [0.25, 0.3) is 0 Å². The van der Waals surface area contributed by atoms with E-state index in [1.807, 2.05) is 54.6 Å². The van der Waals surface area contributed by atoms with Crippen LogP contribution in [0.4, 0.5) is 10.5 Å². The Hall–Kier alpha value is -3.43. The van der Waals surface area contributed by atoms with Crippen molar-refractivity contribution in [1.82, 2.24) is 19.6 Å². The Balaban J connectivity index is 0.975. The van der Waals surface area contributed by atoms with E-state index < -0.39 is 6.09 Å². The number of hydrogen-bond acceptors (Lipinski definition) is 6. The standard InChI is InChI=1S/C32H43N5O4/c38-30-25-37(31(39)24-36(30)20-8-18-34-16-6-7-17-34)21-9-19-35-22-14-27(15-23-35)41-32(40)33-29-13-5-4-12-28(29)26-10-2-1-3-11-26/h1-5,10-13,27H,6-9,14-25H2,(H,33,40). The molecule has 220 valence electrons. The maximum Gasteiger partial charge on any atom is 0.411 e. The van der Waals surface area contributed by atoms with Crippen LogP contribution in [0.2, 0.25) is 0 Å². The molecule has 2 aromatic rings. The topological polar surface area (TPSA) is 85.4 Å². The van der Waals surface area contributed by atoms with E-state index in [1.54, 1.807) is 9.80 Å². The van der Waals surface area contributed by atoms with Crippen molar-refractivity contribution in [2.24, 2.45) is 0 Å². The second kappa shape index (κ2) is 14.5. The summed E-state index contributed by atoms with van der Waals surface area (Å²) in [6, 6.07) is 17.7. The number of nitrogens with zero attached hydrogens (tertiary/aromatic N) is 4. The number of ether oxygens (including phenoxy) is 1. The maximum atomic E-state index is 12.7. The highest BCUT2D eigenvalue weighted by Crippen LogP contribution is 2.28. The van der Waals surface area contributed by atoms with Crippen molar-refractivity contribution >= 4 is 23.6 Å². The Morgan fingerprint density at radius 2 is 1.29 bits per heavy atom. The Morgan fingerprint density at radius 3 is 1.93 bits per heavy atom. The van der Waals surface area contributed by atoms with E-state index in [2.05, 4.69) is 15.1 Å². The summed E-state index contributed by atoms with van der Waals surface area (Å²) in [5.41, 5.74) is 2.73. The van der Waals surface area contributed by atoms with Gasteiger partial charge < -0.3 is 24.3 Å². The molecule has 0 spiro atoms. The van der Waals surface area contributed by atoms with Crippen LogP contribution in [0, 0.1) is 0 Å². The number of carbonyl (C=O) groups is 3.